The number of carbonyl (C=O) groups is 2. The summed E-state index contributed by atoms with van der Waals surface area (Å²) >= 11 is 0.950. The first-order valence-electron chi connectivity index (χ1n) is 4.81. The number of carbonyl (C=O) groups excluding carboxylic acids is 2. The number of nitrogens with zero attached hydrogens (tertiary/aromatic N) is 2. The van der Waals surface area contributed by atoms with Crippen molar-refractivity contribution in [1.82, 2.24) is 9.62 Å². The van der Waals surface area contributed by atoms with E-state index in [9.17, 15) is 18.0 Å². The third-order valence-corrected chi connectivity index (χ3v) is 4.12. The Morgan fingerprint density at radius 3 is 2.63 bits per heavy atom. The first kappa shape index (κ1) is 15.7. The molecule has 0 bridgehead atoms. The first-order valence-corrected chi connectivity index (χ1v) is 7.49. The van der Waals surface area contributed by atoms with Crippen molar-refractivity contribution >= 4 is 33.9 Å². The summed E-state index contributed by atoms with van der Waals surface area (Å²) in [5, 5.41) is 9.81. The average molecular weight is 309 g/mol. The Bertz CT molecular complexity index is 541. The Balaban J connectivity index is 2.85. The molecule has 2 unspecified atom stereocenters. The number of β-lactam (4-membered cyclic amide) rings is 1. The molecule has 2 atom stereocenters. The van der Waals surface area contributed by atoms with Crippen molar-refractivity contribution in [2.75, 3.05) is 19.9 Å². The van der Waals surface area contributed by atoms with Crippen molar-refractivity contribution in [2.24, 2.45) is 0 Å². The third-order valence-electron chi connectivity index (χ3n) is 2.48. The molecule has 9 nitrogen and oxygen atoms in total. The van der Waals surface area contributed by atoms with Gasteiger partial charge in [-0.2, -0.15) is 13.7 Å². The molecule has 19 heavy (non-hydrogen) atoms. The van der Waals surface area contributed by atoms with Crippen LogP contribution >= 0.6 is 11.8 Å². The molecule has 0 aliphatic carbocycles. The molecule has 1 aliphatic heterocycles. The van der Waals surface area contributed by atoms with Gasteiger partial charge in [0.2, 0.25) is 11.6 Å². The Hall–Kier alpha value is -1.35. The lowest BCUT2D eigenvalue weighted by Crippen LogP contribution is -2.76. The lowest BCUT2D eigenvalue weighted by Gasteiger charge is -2.44. The van der Waals surface area contributed by atoms with E-state index >= 15 is 0 Å². The monoisotopic (exact) mass is 309 g/mol. The molecule has 1 rings (SSSR count). The number of hydrogen-bond acceptors (Lipinski definition) is 7. The van der Waals surface area contributed by atoms with Crippen molar-refractivity contribution < 1.29 is 27.3 Å². The topological polar surface area (TPSA) is 137 Å². The summed E-state index contributed by atoms with van der Waals surface area (Å²) < 4.78 is 35.3. The molecular formula is C8H11N3O6S2. The first-order chi connectivity index (χ1) is 8.71. The summed E-state index contributed by atoms with van der Waals surface area (Å²) in [4.78, 5) is 23.3. The van der Waals surface area contributed by atoms with Crippen molar-refractivity contribution in [1.29, 1.82) is 5.26 Å². The van der Waals surface area contributed by atoms with E-state index < -0.39 is 39.6 Å². The molecule has 1 heterocycles. The van der Waals surface area contributed by atoms with Gasteiger partial charge in [0, 0.05) is 7.11 Å². The van der Waals surface area contributed by atoms with Crippen LogP contribution < -0.4 is 5.32 Å². The van der Waals surface area contributed by atoms with Crippen LogP contribution in [0, 0.1) is 11.3 Å². The minimum Gasteiger partial charge on any atom is -0.349 e. The molecule has 0 saturated carbocycles. The van der Waals surface area contributed by atoms with E-state index in [-0.39, 0.29) is 4.31 Å². The van der Waals surface area contributed by atoms with Gasteiger partial charge in [0.25, 0.3) is 5.91 Å². The quantitative estimate of drug-likeness (QED) is 0.350. The van der Waals surface area contributed by atoms with Crippen LogP contribution in [0.4, 0.5) is 0 Å². The zero-order valence-electron chi connectivity index (χ0n) is 9.98. The van der Waals surface area contributed by atoms with Gasteiger partial charge in [0.05, 0.1) is 12.6 Å². The molecule has 0 spiro atoms. The second-order valence-electron chi connectivity index (χ2n) is 3.55. The highest BCUT2D eigenvalue weighted by molar-refractivity contribution is 8.00. The minimum absolute atomic E-state index is 0.150. The maximum Gasteiger partial charge on any atom is 0.362 e. The minimum atomic E-state index is -4.68. The van der Waals surface area contributed by atoms with Crippen molar-refractivity contribution in [2.45, 2.75) is 11.0 Å². The van der Waals surface area contributed by atoms with Gasteiger partial charge in [-0.05, 0) is 6.26 Å². The van der Waals surface area contributed by atoms with E-state index in [0.717, 1.165) is 18.9 Å². The molecule has 1 fully saturated rings. The third kappa shape index (κ3) is 2.81. The van der Waals surface area contributed by atoms with Crippen LogP contribution in [0.15, 0.2) is 0 Å². The van der Waals surface area contributed by atoms with Crippen LogP contribution in [-0.4, -0.2) is 60.0 Å². The van der Waals surface area contributed by atoms with Gasteiger partial charge in [-0.15, -0.1) is 11.8 Å². The van der Waals surface area contributed by atoms with Crippen LogP contribution in [0.1, 0.15) is 0 Å². The number of nitrogens with one attached hydrogen (secondary N) is 1. The standard InChI is InChI=1S/C8H11N3O6S2/c1-17-8(10-6(12)5(3-9)18-2)4-11(7(8)13)19(14,15)16/h5H,4H2,1-2H3,(H,10,12)(H,14,15,16). The normalized spacial score (nSPS) is 24.3. The van der Waals surface area contributed by atoms with Crippen molar-refractivity contribution in [3.63, 3.8) is 0 Å². The molecule has 0 radical (unpaired) electrons. The predicted molar refractivity (Wildman–Crippen MR) is 64.1 cm³/mol. The second kappa shape index (κ2) is 5.33. The van der Waals surface area contributed by atoms with Crippen LogP contribution in [-0.2, 0) is 24.6 Å². The molecule has 1 saturated heterocycles. The highest BCUT2D eigenvalue weighted by atomic mass is 32.2. The number of hydrogen-bond donors (Lipinski definition) is 2. The highest BCUT2D eigenvalue weighted by Gasteiger charge is 2.59. The fraction of sp³-hybridized carbons (Fsp3) is 0.625. The van der Waals surface area contributed by atoms with Crippen molar-refractivity contribution in [3.05, 3.63) is 0 Å². The maximum absolute atomic E-state index is 11.7. The zero-order valence-corrected chi connectivity index (χ0v) is 11.6. The number of methoxy groups -OCH3 is 1. The van der Waals surface area contributed by atoms with Crippen LogP contribution in [0.2, 0.25) is 0 Å². The maximum atomic E-state index is 11.7. The average Bonchev–Trinajstić information content (AvgIpc) is 2.33. The van der Waals surface area contributed by atoms with E-state index in [1.54, 1.807) is 6.07 Å². The van der Waals surface area contributed by atoms with Gasteiger partial charge < -0.3 is 10.1 Å². The van der Waals surface area contributed by atoms with Crippen molar-refractivity contribution in [3.8, 4) is 6.07 Å². The second-order valence-corrected chi connectivity index (χ2v) is 5.83. The summed E-state index contributed by atoms with van der Waals surface area (Å²) in [6.07, 6.45) is 1.53. The summed E-state index contributed by atoms with van der Waals surface area (Å²) in [6.45, 7) is -0.556. The van der Waals surface area contributed by atoms with Gasteiger partial charge in [-0.25, -0.2) is 4.31 Å². The number of rotatable bonds is 5. The fourth-order valence-corrected chi connectivity index (χ4v) is 2.50. The molecule has 11 heteroatoms. The van der Waals surface area contributed by atoms with E-state index in [4.69, 9.17) is 14.6 Å². The summed E-state index contributed by atoms with van der Waals surface area (Å²) in [7, 11) is -3.58. The van der Waals surface area contributed by atoms with Crippen LogP contribution in [0.3, 0.4) is 0 Å². The molecule has 106 valence electrons. The van der Waals surface area contributed by atoms with E-state index in [2.05, 4.69) is 5.32 Å². The van der Waals surface area contributed by atoms with Gasteiger partial charge >= 0.3 is 10.3 Å². The van der Waals surface area contributed by atoms with E-state index in [1.807, 2.05) is 0 Å². The number of amides is 2. The van der Waals surface area contributed by atoms with Crippen LogP contribution in [0.25, 0.3) is 0 Å². The lowest BCUT2D eigenvalue weighted by atomic mass is 10.1. The zero-order chi connectivity index (χ0) is 14.8. The molecule has 0 aromatic heterocycles. The molecule has 0 aromatic carbocycles. The highest BCUT2D eigenvalue weighted by Crippen LogP contribution is 2.26. The fourth-order valence-electron chi connectivity index (χ4n) is 1.42. The van der Waals surface area contributed by atoms with Gasteiger partial charge in [0.15, 0.2) is 5.25 Å². The summed E-state index contributed by atoms with van der Waals surface area (Å²) in [5.74, 6) is -1.90. The Morgan fingerprint density at radius 1 is 1.74 bits per heavy atom. The van der Waals surface area contributed by atoms with Gasteiger partial charge in [-0.1, -0.05) is 0 Å². The number of nitriles is 1. The lowest BCUT2D eigenvalue weighted by molar-refractivity contribution is -0.179. The summed E-state index contributed by atoms with van der Waals surface area (Å²) in [5.41, 5.74) is -1.86. The van der Waals surface area contributed by atoms with E-state index in [0.29, 0.717) is 0 Å². The number of ether oxygens (including phenoxy) is 1. The van der Waals surface area contributed by atoms with E-state index in [1.165, 1.54) is 6.26 Å². The molecule has 2 N–H and O–H groups in total. The predicted octanol–water partition coefficient (Wildman–Crippen LogP) is -1.65. The Kier molecular flexibility index (Phi) is 4.41. The molecule has 0 aromatic rings. The molecule has 2 amide bonds. The number of thioether (sulfide) groups is 1. The Labute approximate surface area is 113 Å². The van der Waals surface area contributed by atoms with Gasteiger partial charge in [0.1, 0.15) is 0 Å². The summed E-state index contributed by atoms with van der Waals surface area (Å²) in [6, 6.07) is 1.71. The molecular weight excluding hydrogens is 298 g/mol. The SMILES string of the molecule is COC1(NC(=O)C(C#N)SC)CN(S(=O)(=O)O)C1=O. The largest absolute Gasteiger partial charge is 0.362 e. The Morgan fingerprint density at radius 2 is 2.32 bits per heavy atom. The smallest absolute Gasteiger partial charge is 0.349 e. The molecule has 1 aliphatic rings. The van der Waals surface area contributed by atoms with Gasteiger partial charge in [-0.3, -0.25) is 14.1 Å². The van der Waals surface area contributed by atoms with Crippen LogP contribution in [0.5, 0.6) is 0 Å².